The maximum atomic E-state index is 12.3. The molecule has 4 rings (SSSR count). The van der Waals surface area contributed by atoms with Crippen LogP contribution in [0.2, 0.25) is 0 Å². The van der Waals surface area contributed by atoms with Gasteiger partial charge in [0, 0.05) is 36.1 Å². The Bertz CT molecular complexity index is 967. The van der Waals surface area contributed by atoms with Crippen LogP contribution in [0.25, 0.3) is 0 Å². The van der Waals surface area contributed by atoms with Crippen LogP contribution in [0, 0.1) is 0 Å². The summed E-state index contributed by atoms with van der Waals surface area (Å²) >= 11 is 1.58. The standard InChI is InChI=1S/C22H21N3O2S/c26-20(14-18-15-28-21(24-18)13-16-5-2-1-3-6-16)23-17-8-10-19(11-9-17)25-12-4-7-22(25)27/h1-3,5-6,8-11,15H,4,7,12-14H2,(H,23,26). The van der Waals surface area contributed by atoms with Crippen LogP contribution >= 0.6 is 11.3 Å². The molecule has 0 saturated carbocycles. The molecule has 2 amide bonds. The minimum absolute atomic E-state index is 0.0958. The molecule has 0 aliphatic carbocycles. The van der Waals surface area contributed by atoms with Crippen LogP contribution in [0.15, 0.2) is 60.0 Å². The lowest BCUT2D eigenvalue weighted by molar-refractivity contribution is -0.117. The highest BCUT2D eigenvalue weighted by atomic mass is 32.1. The monoisotopic (exact) mass is 391 g/mol. The lowest BCUT2D eigenvalue weighted by Crippen LogP contribution is -2.23. The number of anilines is 2. The molecule has 1 aliphatic rings. The molecular weight excluding hydrogens is 370 g/mol. The highest BCUT2D eigenvalue weighted by molar-refractivity contribution is 7.09. The van der Waals surface area contributed by atoms with E-state index in [0.29, 0.717) is 6.42 Å². The van der Waals surface area contributed by atoms with E-state index in [4.69, 9.17) is 0 Å². The van der Waals surface area contributed by atoms with Crippen molar-refractivity contribution in [3.8, 4) is 0 Å². The first-order valence-corrected chi connectivity index (χ1v) is 10.2. The minimum atomic E-state index is -0.0958. The minimum Gasteiger partial charge on any atom is -0.326 e. The summed E-state index contributed by atoms with van der Waals surface area (Å²) < 4.78 is 0. The van der Waals surface area contributed by atoms with Gasteiger partial charge in [0.2, 0.25) is 11.8 Å². The van der Waals surface area contributed by atoms with Crippen molar-refractivity contribution in [3.05, 3.63) is 76.2 Å². The molecule has 1 saturated heterocycles. The highest BCUT2D eigenvalue weighted by Gasteiger charge is 2.21. The van der Waals surface area contributed by atoms with Crippen molar-refractivity contribution in [1.29, 1.82) is 0 Å². The fraction of sp³-hybridized carbons (Fsp3) is 0.227. The van der Waals surface area contributed by atoms with Crippen LogP contribution in [0.5, 0.6) is 0 Å². The highest BCUT2D eigenvalue weighted by Crippen LogP contribution is 2.23. The van der Waals surface area contributed by atoms with Crippen LogP contribution in [0.1, 0.15) is 29.1 Å². The molecule has 5 nitrogen and oxygen atoms in total. The molecule has 28 heavy (non-hydrogen) atoms. The lowest BCUT2D eigenvalue weighted by Gasteiger charge is -2.16. The summed E-state index contributed by atoms with van der Waals surface area (Å²) in [7, 11) is 0. The summed E-state index contributed by atoms with van der Waals surface area (Å²) in [4.78, 5) is 30.5. The van der Waals surface area contributed by atoms with E-state index in [-0.39, 0.29) is 18.2 Å². The lowest BCUT2D eigenvalue weighted by atomic mass is 10.2. The molecule has 2 heterocycles. The van der Waals surface area contributed by atoms with Crippen molar-refractivity contribution in [2.24, 2.45) is 0 Å². The number of carbonyl (C=O) groups excluding carboxylic acids is 2. The molecule has 1 N–H and O–H groups in total. The third kappa shape index (κ3) is 4.46. The third-order valence-corrected chi connectivity index (χ3v) is 5.57. The molecule has 3 aromatic rings. The van der Waals surface area contributed by atoms with Gasteiger partial charge < -0.3 is 10.2 Å². The molecule has 0 spiro atoms. The van der Waals surface area contributed by atoms with Gasteiger partial charge in [0.25, 0.3) is 0 Å². The molecule has 1 aliphatic heterocycles. The number of nitrogens with one attached hydrogen (secondary N) is 1. The molecular formula is C22H21N3O2S. The quantitative estimate of drug-likeness (QED) is 0.690. The maximum Gasteiger partial charge on any atom is 0.230 e. The van der Waals surface area contributed by atoms with Crippen LogP contribution in [-0.4, -0.2) is 23.3 Å². The van der Waals surface area contributed by atoms with Crippen molar-refractivity contribution in [2.45, 2.75) is 25.7 Å². The van der Waals surface area contributed by atoms with Gasteiger partial charge in [0.05, 0.1) is 17.1 Å². The van der Waals surface area contributed by atoms with Crippen LogP contribution in [0.4, 0.5) is 11.4 Å². The van der Waals surface area contributed by atoms with E-state index in [9.17, 15) is 9.59 Å². The Balaban J connectivity index is 1.32. The van der Waals surface area contributed by atoms with Crippen molar-refractivity contribution in [2.75, 3.05) is 16.8 Å². The van der Waals surface area contributed by atoms with E-state index in [0.717, 1.165) is 41.5 Å². The zero-order valence-electron chi connectivity index (χ0n) is 15.4. The van der Waals surface area contributed by atoms with E-state index in [1.807, 2.05) is 47.8 Å². The van der Waals surface area contributed by atoms with Crippen molar-refractivity contribution in [3.63, 3.8) is 0 Å². The fourth-order valence-electron chi connectivity index (χ4n) is 3.30. The molecule has 6 heteroatoms. The van der Waals surface area contributed by atoms with Gasteiger partial charge in [-0.25, -0.2) is 4.98 Å². The van der Waals surface area contributed by atoms with Gasteiger partial charge in [-0.2, -0.15) is 0 Å². The Labute approximate surface area is 168 Å². The number of aromatic nitrogens is 1. The molecule has 0 bridgehead atoms. The Morgan fingerprint density at radius 2 is 1.89 bits per heavy atom. The third-order valence-electron chi connectivity index (χ3n) is 4.68. The topological polar surface area (TPSA) is 62.3 Å². The first-order valence-electron chi connectivity index (χ1n) is 9.35. The number of thiazole rings is 1. The van der Waals surface area contributed by atoms with E-state index in [1.165, 1.54) is 5.56 Å². The van der Waals surface area contributed by atoms with Crippen LogP contribution < -0.4 is 10.2 Å². The van der Waals surface area contributed by atoms with Gasteiger partial charge in [0.1, 0.15) is 0 Å². The summed E-state index contributed by atoms with van der Waals surface area (Å²) in [5.74, 6) is 0.0631. The first-order chi connectivity index (χ1) is 13.7. The summed E-state index contributed by atoms with van der Waals surface area (Å²) in [6.07, 6.45) is 2.54. The van der Waals surface area contributed by atoms with E-state index < -0.39 is 0 Å². The fourth-order valence-corrected chi connectivity index (χ4v) is 4.13. The first kappa shape index (κ1) is 18.4. The van der Waals surface area contributed by atoms with Crippen LogP contribution in [0.3, 0.4) is 0 Å². The van der Waals surface area contributed by atoms with E-state index >= 15 is 0 Å². The maximum absolute atomic E-state index is 12.3. The molecule has 2 aromatic carbocycles. The predicted molar refractivity (Wildman–Crippen MR) is 112 cm³/mol. The van der Waals surface area contributed by atoms with Gasteiger partial charge in [-0.05, 0) is 36.2 Å². The summed E-state index contributed by atoms with van der Waals surface area (Å²) in [5, 5.41) is 5.85. The average molecular weight is 391 g/mol. The largest absolute Gasteiger partial charge is 0.326 e. The van der Waals surface area contributed by atoms with Crippen molar-refractivity contribution >= 4 is 34.5 Å². The SMILES string of the molecule is O=C(Cc1csc(Cc2ccccc2)n1)Nc1ccc(N2CCCC2=O)cc1. The molecule has 0 radical (unpaired) electrons. The van der Waals surface area contributed by atoms with E-state index in [2.05, 4.69) is 22.4 Å². The number of benzene rings is 2. The number of hydrogen-bond donors (Lipinski definition) is 1. The Kier molecular flexibility index (Phi) is 5.48. The normalized spacial score (nSPS) is 13.7. The van der Waals surface area contributed by atoms with Gasteiger partial charge in [-0.1, -0.05) is 30.3 Å². The van der Waals surface area contributed by atoms with Gasteiger partial charge in [0.15, 0.2) is 0 Å². The smallest absolute Gasteiger partial charge is 0.230 e. The zero-order valence-corrected chi connectivity index (χ0v) is 16.2. The molecule has 142 valence electrons. The van der Waals surface area contributed by atoms with Crippen molar-refractivity contribution < 1.29 is 9.59 Å². The Hall–Kier alpha value is -2.99. The predicted octanol–water partition coefficient (Wildman–Crippen LogP) is 4.04. The summed E-state index contributed by atoms with van der Waals surface area (Å²) in [5.41, 5.74) is 3.60. The molecule has 1 fully saturated rings. The van der Waals surface area contributed by atoms with Gasteiger partial charge in [-0.3, -0.25) is 9.59 Å². The number of nitrogens with zero attached hydrogens (tertiary/aromatic N) is 2. The second-order valence-corrected chi connectivity index (χ2v) is 7.76. The number of hydrogen-bond acceptors (Lipinski definition) is 4. The Morgan fingerprint density at radius 3 is 2.61 bits per heavy atom. The van der Waals surface area contributed by atoms with E-state index in [1.54, 1.807) is 16.2 Å². The second-order valence-electron chi connectivity index (χ2n) is 6.82. The Morgan fingerprint density at radius 1 is 1.11 bits per heavy atom. The molecule has 1 aromatic heterocycles. The zero-order chi connectivity index (χ0) is 19.3. The number of rotatable bonds is 6. The van der Waals surface area contributed by atoms with Gasteiger partial charge in [-0.15, -0.1) is 11.3 Å². The summed E-state index contributed by atoms with van der Waals surface area (Å²) in [6, 6.07) is 17.6. The molecule has 0 atom stereocenters. The molecule has 0 unspecified atom stereocenters. The van der Waals surface area contributed by atoms with Gasteiger partial charge >= 0.3 is 0 Å². The number of carbonyl (C=O) groups is 2. The average Bonchev–Trinajstić information content (AvgIpc) is 3.32. The second kappa shape index (κ2) is 8.35. The van der Waals surface area contributed by atoms with Crippen LogP contribution in [-0.2, 0) is 22.4 Å². The number of amides is 2. The van der Waals surface area contributed by atoms with Crippen molar-refractivity contribution in [1.82, 2.24) is 4.98 Å². The summed E-state index contributed by atoms with van der Waals surface area (Å²) in [6.45, 7) is 0.764.